The summed E-state index contributed by atoms with van der Waals surface area (Å²) in [4.78, 5) is 13.4. The molecule has 19 nitrogen and oxygen atoms in total. The first-order valence-electron chi connectivity index (χ1n) is 34.4. The van der Waals surface area contributed by atoms with E-state index in [1.165, 1.54) is 167 Å². The van der Waals surface area contributed by atoms with E-state index in [0.29, 0.717) is 12.8 Å². The van der Waals surface area contributed by atoms with Gasteiger partial charge in [-0.2, -0.15) is 0 Å². The second-order valence-electron chi connectivity index (χ2n) is 24.6. The van der Waals surface area contributed by atoms with Gasteiger partial charge in [-0.1, -0.05) is 223 Å². The molecular weight excluding hydrogens is 1120 g/mol. The molecule has 3 fully saturated rings. The smallest absolute Gasteiger partial charge is 0.220 e. The molecule has 0 radical (unpaired) electrons. The van der Waals surface area contributed by atoms with Crippen LogP contribution in [-0.2, 0) is 33.2 Å². The van der Waals surface area contributed by atoms with Crippen molar-refractivity contribution in [3.63, 3.8) is 0 Å². The number of hydrogen-bond donors (Lipinski definition) is 12. The molecule has 0 saturated carbocycles. The highest BCUT2D eigenvalue weighted by Crippen LogP contribution is 2.33. The molecule has 3 aliphatic heterocycles. The molecule has 0 spiro atoms. The lowest BCUT2D eigenvalue weighted by Gasteiger charge is -2.48. The molecule has 87 heavy (non-hydrogen) atoms. The van der Waals surface area contributed by atoms with Crippen LogP contribution in [-0.4, -0.2) is 193 Å². The first kappa shape index (κ1) is 79.0. The third kappa shape index (κ3) is 32.7. The number of rotatable bonds is 52. The first-order chi connectivity index (χ1) is 42.3. The van der Waals surface area contributed by atoms with Crippen LogP contribution in [0.1, 0.15) is 245 Å². The first-order valence-corrected chi connectivity index (χ1v) is 34.4. The predicted octanol–water partition coefficient (Wildman–Crippen LogP) is 8.61. The highest BCUT2D eigenvalue weighted by Gasteiger charge is 2.53. The van der Waals surface area contributed by atoms with Gasteiger partial charge in [-0.25, -0.2) is 0 Å². The minimum atomic E-state index is -1.98. The van der Waals surface area contributed by atoms with Crippen LogP contribution in [0, 0.1) is 0 Å². The number of hydrogen-bond acceptors (Lipinski definition) is 18. The van der Waals surface area contributed by atoms with Crippen molar-refractivity contribution in [1.29, 1.82) is 0 Å². The summed E-state index contributed by atoms with van der Waals surface area (Å²) in [5, 5.41) is 120. The maximum atomic E-state index is 13.4. The zero-order chi connectivity index (χ0) is 63.3. The Hall–Kier alpha value is -2.25. The molecule has 3 rings (SSSR count). The topological polar surface area (TPSA) is 307 Å². The largest absolute Gasteiger partial charge is 0.394 e. The van der Waals surface area contributed by atoms with Gasteiger partial charge in [0.15, 0.2) is 18.9 Å². The van der Waals surface area contributed by atoms with Crippen molar-refractivity contribution in [2.45, 2.75) is 349 Å². The summed E-state index contributed by atoms with van der Waals surface area (Å²) in [7, 11) is 0. The molecule has 19 heteroatoms. The number of allylic oxidation sites excluding steroid dienone is 7. The normalized spacial score (nSPS) is 28.9. The number of carbonyl (C=O) groups is 1. The number of carbonyl (C=O) groups excluding carboxylic acids is 1. The fourth-order valence-electron chi connectivity index (χ4n) is 11.5. The van der Waals surface area contributed by atoms with Gasteiger partial charge in [0, 0.05) is 6.42 Å². The van der Waals surface area contributed by atoms with Gasteiger partial charge < -0.3 is 89.9 Å². The number of aliphatic hydroxyl groups excluding tert-OH is 11. The Morgan fingerprint density at radius 3 is 1.22 bits per heavy atom. The van der Waals surface area contributed by atoms with Crippen LogP contribution in [0.2, 0.25) is 0 Å². The van der Waals surface area contributed by atoms with Crippen LogP contribution in [0.5, 0.6) is 0 Å². The molecule has 0 aromatic carbocycles. The van der Waals surface area contributed by atoms with E-state index in [9.17, 15) is 61.0 Å². The van der Waals surface area contributed by atoms with Crippen LogP contribution >= 0.6 is 0 Å². The Bertz CT molecular complexity index is 1770. The number of ether oxygens (including phenoxy) is 6. The quantitative estimate of drug-likeness (QED) is 0.0200. The molecule has 17 unspecified atom stereocenters. The number of unbranched alkanes of at least 4 members (excludes halogenated alkanes) is 30. The minimum absolute atomic E-state index is 0.237. The third-order valence-corrected chi connectivity index (χ3v) is 17.1. The standard InChI is InChI=1S/C68H123NO18/c1-3-5-7-9-11-13-15-16-17-18-19-20-21-22-23-24-25-26-27-28-29-30-31-32-33-34-36-38-40-42-44-46-56(74)69-51(52(73)45-43-41-39-37-35-14-12-10-8-6-4-2)50-82-66-62(80)59(77)64(54(48-71)84-66)87-68-63(81)60(78)65(55(49-72)85-68)86-67-61(79)58(76)57(75)53(47-70)83-67/h15-16,18-19,35,37,43,45,51-55,57-68,70-73,75-81H,3-14,17,20-34,36,38-42,44,46-50H2,1-2H3,(H,69,74)/b16-15-,19-18-,37-35+,45-43+. The van der Waals surface area contributed by atoms with Gasteiger partial charge in [-0.05, 0) is 64.2 Å². The van der Waals surface area contributed by atoms with Gasteiger partial charge in [-0.3, -0.25) is 4.79 Å². The average Bonchev–Trinajstić information content (AvgIpc) is 3.71. The van der Waals surface area contributed by atoms with Crippen molar-refractivity contribution < 1.29 is 89.4 Å². The number of amides is 1. The molecule has 3 aliphatic rings. The van der Waals surface area contributed by atoms with E-state index in [-0.39, 0.29) is 18.9 Å². The van der Waals surface area contributed by atoms with Crippen molar-refractivity contribution in [2.24, 2.45) is 0 Å². The molecule has 1 amide bonds. The summed E-state index contributed by atoms with van der Waals surface area (Å²) in [5.41, 5.74) is 0. The number of nitrogens with one attached hydrogen (secondary N) is 1. The Balaban J connectivity index is 1.36. The van der Waals surface area contributed by atoms with Crippen molar-refractivity contribution in [1.82, 2.24) is 5.32 Å². The molecule has 12 N–H and O–H groups in total. The average molecular weight is 1240 g/mol. The Morgan fingerprint density at radius 2 is 0.770 bits per heavy atom. The van der Waals surface area contributed by atoms with Crippen LogP contribution in [0.3, 0.4) is 0 Å². The summed E-state index contributed by atoms with van der Waals surface area (Å²) in [6, 6.07) is -0.988. The van der Waals surface area contributed by atoms with Crippen LogP contribution in [0.15, 0.2) is 48.6 Å². The summed E-state index contributed by atoms with van der Waals surface area (Å²) in [6.45, 7) is 1.67. The van der Waals surface area contributed by atoms with Gasteiger partial charge in [0.05, 0.1) is 38.6 Å². The van der Waals surface area contributed by atoms with E-state index >= 15 is 0 Å². The minimum Gasteiger partial charge on any atom is -0.394 e. The lowest BCUT2D eigenvalue weighted by Crippen LogP contribution is -2.66. The fourth-order valence-corrected chi connectivity index (χ4v) is 11.5. The molecule has 3 saturated heterocycles. The molecule has 0 aliphatic carbocycles. The lowest BCUT2D eigenvalue weighted by atomic mass is 9.96. The molecule has 0 aromatic rings. The molecular formula is C68H123NO18. The van der Waals surface area contributed by atoms with E-state index in [1.807, 2.05) is 6.08 Å². The second-order valence-corrected chi connectivity index (χ2v) is 24.6. The van der Waals surface area contributed by atoms with Crippen molar-refractivity contribution in [3.05, 3.63) is 48.6 Å². The summed E-state index contributed by atoms with van der Waals surface area (Å²) >= 11 is 0. The third-order valence-electron chi connectivity index (χ3n) is 17.1. The summed E-state index contributed by atoms with van der Waals surface area (Å²) < 4.78 is 34.2. The Morgan fingerprint density at radius 1 is 0.414 bits per heavy atom. The SMILES string of the molecule is CCCCCCC/C=C\C/C=C\CCCCCCCCCCCCCCCCCCCCCC(=O)NC(COC1OC(CO)C(OC2OC(CO)C(OC3OC(CO)C(O)C(O)C3O)C(O)C2O)C(O)C1O)C(O)/C=C/CC/C=C/CCCCCCC. The highest BCUT2D eigenvalue weighted by atomic mass is 16.8. The van der Waals surface area contributed by atoms with E-state index < -0.39 is 124 Å². The maximum absolute atomic E-state index is 13.4. The molecule has 508 valence electrons. The molecule has 17 atom stereocenters. The zero-order valence-corrected chi connectivity index (χ0v) is 53.5. The van der Waals surface area contributed by atoms with Crippen molar-refractivity contribution in [2.75, 3.05) is 26.4 Å². The van der Waals surface area contributed by atoms with Gasteiger partial charge in [0.2, 0.25) is 5.91 Å². The Labute approximate surface area is 523 Å². The van der Waals surface area contributed by atoms with E-state index in [1.54, 1.807) is 6.08 Å². The number of aliphatic hydroxyl groups is 11. The van der Waals surface area contributed by atoms with E-state index in [4.69, 9.17) is 28.4 Å². The maximum Gasteiger partial charge on any atom is 0.220 e. The van der Waals surface area contributed by atoms with Crippen molar-refractivity contribution >= 4 is 5.91 Å². The van der Waals surface area contributed by atoms with Gasteiger partial charge in [0.25, 0.3) is 0 Å². The predicted molar refractivity (Wildman–Crippen MR) is 337 cm³/mol. The molecule has 0 bridgehead atoms. The fraction of sp³-hybridized carbons (Fsp3) is 0.868. The van der Waals surface area contributed by atoms with E-state index in [2.05, 4.69) is 55.6 Å². The van der Waals surface area contributed by atoms with Crippen LogP contribution < -0.4 is 5.32 Å². The second kappa shape index (κ2) is 50.3. The van der Waals surface area contributed by atoms with E-state index in [0.717, 1.165) is 44.9 Å². The van der Waals surface area contributed by atoms with Crippen LogP contribution in [0.25, 0.3) is 0 Å². The Kier molecular flexibility index (Phi) is 45.7. The van der Waals surface area contributed by atoms with Gasteiger partial charge in [-0.15, -0.1) is 0 Å². The lowest BCUT2D eigenvalue weighted by molar-refractivity contribution is -0.379. The highest BCUT2D eigenvalue weighted by molar-refractivity contribution is 5.76. The van der Waals surface area contributed by atoms with Crippen molar-refractivity contribution in [3.8, 4) is 0 Å². The molecule has 0 aromatic heterocycles. The van der Waals surface area contributed by atoms with Gasteiger partial charge in [0.1, 0.15) is 73.2 Å². The summed E-state index contributed by atoms with van der Waals surface area (Å²) in [5.74, 6) is -0.285. The van der Waals surface area contributed by atoms with Crippen LogP contribution in [0.4, 0.5) is 0 Å². The monoisotopic (exact) mass is 1240 g/mol. The zero-order valence-electron chi connectivity index (χ0n) is 53.5. The van der Waals surface area contributed by atoms with Gasteiger partial charge >= 0.3 is 0 Å². The molecule has 3 heterocycles. The summed E-state index contributed by atoms with van der Waals surface area (Å²) in [6.07, 6.45) is 32.7.